The summed E-state index contributed by atoms with van der Waals surface area (Å²) in [6.07, 6.45) is 17.7. The summed E-state index contributed by atoms with van der Waals surface area (Å²) in [6.45, 7) is 10.00. The van der Waals surface area contributed by atoms with Crippen molar-refractivity contribution >= 4 is 81.7 Å². The maximum Gasteiger partial charge on any atom is 0.272 e. The molecule has 4 aromatic heterocycles. The number of aryl methyl sites for hydroxylation is 4. The highest BCUT2D eigenvalue weighted by atomic mass is 16.2. The molecule has 24 nitrogen and oxygen atoms in total. The smallest absolute Gasteiger partial charge is 0.272 e. The number of amides is 8. The second-order valence-electron chi connectivity index (χ2n) is 19.2. The Morgan fingerprint density at radius 1 is 0.385 bits per heavy atom. The standard InChI is InChI=1S/C54H82N16O8/c1-5-23-67-35-39(29-41(67)51(75)59-21-19-45(55)56)65-53(77)43-27-37(33-69(43)25-7-3)63-49(73)31-61-47(71)17-15-13-11-9-10-12-14-16-18-48(72)62-32-50(74)64-38-28-44(70(34-38)26-8-4)54(78)66-40-30-42(68(36-40)24-6-2)52(76)60-22-20-46(57)58/h27-30,33-36H,5-26,31-32H2,1-4H3,(H3,55,56)(H3,57,58)(H,59,75)(H,60,76)(H,61,71)(H,62,72)(H,63,73)(H,64,74)(H,65,77)(H,66,78). The van der Waals surface area contributed by atoms with E-state index in [0.29, 0.717) is 84.5 Å². The zero-order chi connectivity index (χ0) is 57.0. The molecule has 0 aliphatic carbocycles. The first kappa shape index (κ1) is 62.4. The van der Waals surface area contributed by atoms with Gasteiger partial charge in [-0.25, -0.2) is 0 Å². The molecule has 0 fully saturated rings. The Balaban J connectivity index is 1.08. The summed E-state index contributed by atoms with van der Waals surface area (Å²) in [7, 11) is 0. The lowest BCUT2D eigenvalue weighted by Crippen LogP contribution is -2.32. The molecule has 0 bridgehead atoms. The van der Waals surface area contributed by atoms with E-state index < -0.39 is 23.6 Å². The fraction of sp³-hybridized carbons (Fsp3) is 0.519. The molecule has 8 amide bonds. The van der Waals surface area contributed by atoms with Crippen LogP contribution in [0, 0.1) is 10.8 Å². The molecule has 0 atom stereocenters. The van der Waals surface area contributed by atoms with E-state index in [1.807, 2.05) is 27.7 Å². The quantitative estimate of drug-likeness (QED) is 0.0145. The van der Waals surface area contributed by atoms with Gasteiger partial charge in [0.25, 0.3) is 23.6 Å². The molecule has 0 aliphatic rings. The van der Waals surface area contributed by atoms with Crippen molar-refractivity contribution in [1.29, 1.82) is 10.8 Å². The Morgan fingerprint density at radius 2 is 0.667 bits per heavy atom. The van der Waals surface area contributed by atoms with Gasteiger partial charge in [-0.1, -0.05) is 66.2 Å². The highest BCUT2D eigenvalue weighted by Crippen LogP contribution is 2.22. The van der Waals surface area contributed by atoms with Crippen LogP contribution in [0.25, 0.3) is 0 Å². The number of carbonyl (C=O) groups excluding carboxylic acids is 8. The minimum absolute atomic E-state index is 0.0308. The second-order valence-corrected chi connectivity index (χ2v) is 19.2. The fourth-order valence-electron chi connectivity index (χ4n) is 8.55. The van der Waals surface area contributed by atoms with Gasteiger partial charge in [0.15, 0.2) is 0 Å². The fourth-order valence-corrected chi connectivity index (χ4v) is 8.55. The normalized spacial score (nSPS) is 10.9. The molecule has 0 saturated carbocycles. The summed E-state index contributed by atoms with van der Waals surface area (Å²) in [4.78, 5) is 103. The summed E-state index contributed by atoms with van der Waals surface area (Å²) >= 11 is 0. The molecular formula is C54H82N16O8. The number of hydrogen-bond donors (Lipinski definition) is 12. The molecule has 78 heavy (non-hydrogen) atoms. The Morgan fingerprint density at radius 3 is 0.962 bits per heavy atom. The SMILES string of the molecule is CCCn1cc(NC(=O)c2cc(NC(=O)CNC(=O)CCCCCCCCCCC(=O)NCC(=O)Nc3cc(C(=O)Nc4cc(C(=O)NCCC(=N)N)n(CCC)c4)n(CCC)c3)cn2CCC)cc1C(=O)NCCC(=N)N. The third kappa shape index (κ3) is 21.4. The Kier molecular flexibility index (Phi) is 26.4. The molecule has 0 radical (unpaired) electrons. The minimum Gasteiger partial charge on any atom is -0.388 e. The van der Waals surface area contributed by atoms with Crippen LogP contribution < -0.4 is 54.0 Å². The minimum atomic E-state index is -0.433. The molecule has 0 unspecified atom stereocenters. The molecule has 14 N–H and O–H groups in total. The van der Waals surface area contributed by atoms with Crippen LogP contribution in [0.15, 0.2) is 49.1 Å². The number of aromatic nitrogens is 4. The van der Waals surface area contributed by atoms with Crippen molar-refractivity contribution < 1.29 is 38.4 Å². The zero-order valence-corrected chi connectivity index (χ0v) is 45.8. The number of nitrogens with zero attached hydrogens (tertiary/aromatic N) is 4. The zero-order valence-electron chi connectivity index (χ0n) is 45.8. The van der Waals surface area contributed by atoms with Crippen molar-refractivity contribution in [2.45, 2.75) is 157 Å². The van der Waals surface area contributed by atoms with Gasteiger partial charge in [0.2, 0.25) is 23.6 Å². The van der Waals surface area contributed by atoms with E-state index in [4.69, 9.17) is 22.3 Å². The highest BCUT2D eigenvalue weighted by molar-refractivity contribution is 6.07. The van der Waals surface area contributed by atoms with Gasteiger partial charge >= 0.3 is 0 Å². The predicted molar refractivity (Wildman–Crippen MR) is 302 cm³/mol. The summed E-state index contributed by atoms with van der Waals surface area (Å²) < 4.78 is 6.99. The Hall–Kier alpha value is -8.18. The molecule has 0 spiro atoms. The van der Waals surface area contributed by atoms with Gasteiger partial charge in [0.05, 0.1) is 47.5 Å². The van der Waals surface area contributed by atoms with Crippen LogP contribution in [0.3, 0.4) is 0 Å². The monoisotopic (exact) mass is 1080 g/mol. The van der Waals surface area contributed by atoms with Gasteiger partial charge in [0.1, 0.15) is 22.8 Å². The largest absolute Gasteiger partial charge is 0.388 e. The van der Waals surface area contributed by atoms with Crippen molar-refractivity contribution in [1.82, 2.24) is 39.5 Å². The van der Waals surface area contributed by atoms with Crippen LogP contribution in [0.1, 0.15) is 172 Å². The van der Waals surface area contributed by atoms with E-state index >= 15 is 0 Å². The van der Waals surface area contributed by atoms with Crippen LogP contribution in [-0.2, 0) is 45.4 Å². The second kappa shape index (κ2) is 33.1. The first-order chi connectivity index (χ1) is 37.4. The average Bonchev–Trinajstić information content (AvgIpc) is 4.22. The van der Waals surface area contributed by atoms with Gasteiger partial charge in [-0.3, -0.25) is 49.2 Å². The Bertz CT molecular complexity index is 2510. The molecule has 0 aromatic carbocycles. The van der Waals surface area contributed by atoms with Crippen LogP contribution >= 0.6 is 0 Å². The summed E-state index contributed by atoms with van der Waals surface area (Å²) in [5, 5.41) is 36.8. The number of hydrogen-bond acceptors (Lipinski definition) is 10. The van der Waals surface area contributed by atoms with E-state index in [2.05, 4.69) is 42.5 Å². The van der Waals surface area contributed by atoms with Gasteiger partial charge < -0.3 is 72.3 Å². The van der Waals surface area contributed by atoms with Crippen molar-refractivity contribution in [2.24, 2.45) is 11.5 Å². The molecule has 24 heteroatoms. The van der Waals surface area contributed by atoms with Gasteiger partial charge in [-0.15, -0.1) is 0 Å². The number of amidine groups is 2. The van der Waals surface area contributed by atoms with Gasteiger partial charge in [0, 0.05) is 89.7 Å². The molecule has 4 rings (SSSR count). The first-order valence-corrected chi connectivity index (χ1v) is 27.2. The average molecular weight is 1080 g/mol. The lowest BCUT2D eigenvalue weighted by atomic mass is 10.1. The molecular weight excluding hydrogens is 1000 g/mol. The predicted octanol–water partition coefficient (Wildman–Crippen LogP) is 5.86. The van der Waals surface area contributed by atoms with Crippen LogP contribution in [-0.4, -0.2) is 103 Å². The van der Waals surface area contributed by atoms with Crippen molar-refractivity contribution in [3.05, 3.63) is 71.8 Å². The van der Waals surface area contributed by atoms with Crippen molar-refractivity contribution in [3.63, 3.8) is 0 Å². The van der Waals surface area contributed by atoms with Crippen molar-refractivity contribution in [2.75, 3.05) is 47.4 Å². The number of carbonyl (C=O) groups is 8. The highest BCUT2D eigenvalue weighted by Gasteiger charge is 2.21. The molecule has 426 valence electrons. The topological polar surface area (TPSA) is 352 Å². The lowest BCUT2D eigenvalue weighted by Gasteiger charge is -2.08. The third-order valence-electron chi connectivity index (χ3n) is 12.3. The maximum atomic E-state index is 13.5. The van der Waals surface area contributed by atoms with E-state index in [9.17, 15) is 38.4 Å². The number of anilines is 4. The Labute approximate surface area is 456 Å². The maximum absolute atomic E-state index is 13.5. The molecule has 0 saturated heterocycles. The van der Waals surface area contributed by atoms with Gasteiger partial charge in [-0.2, -0.15) is 0 Å². The molecule has 0 aliphatic heterocycles. The van der Waals surface area contributed by atoms with E-state index in [-0.39, 0.29) is 87.2 Å². The van der Waals surface area contributed by atoms with Crippen LogP contribution in [0.5, 0.6) is 0 Å². The lowest BCUT2D eigenvalue weighted by molar-refractivity contribution is -0.124. The number of rotatable bonds is 37. The third-order valence-corrected chi connectivity index (χ3v) is 12.3. The van der Waals surface area contributed by atoms with Crippen LogP contribution in [0.2, 0.25) is 0 Å². The van der Waals surface area contributed by atoms with E-state index in [0.717, 1.165) is 64.2 Å². The summed E-state index contributed by atoms with van der Waals surface area (Å²) in [6, 6.07) is 6.32. The molecule has 4 aromatic rings. The number of nitrogens with two attached hydrogens (primary N) is 2. The number of unbranched alkanes of at least 4 members (excludes halogenated alkanes) is 7. The summed E-state index contributed by atoms with van der Waals surface area (Å²) in [5.74, 6) is -2.92. The van der Waals surface area contributed by atoms with Crippen LogP contribution in [0.4, 0.5) is 22.7 Å². The van der Waals surface area contributed by atoms with Gasteiger partial charge in [-0.05, 0) is 62.8 Å². The van der Waals surface area contributed by atoms with E-state index in [1.165, 1.54) is 0 Å². The summed E-state index contributed by atoms with van der Waals surface area (Å²) in [5.41, 5.74) is 13.8. The first-order valence-electron chi connectivity index (χ1n) is 27.2. The number of nitrogens with one attached hydrogen (secondary N) is 10. The van der Waals surface area contributed by atoms with Crippen molar-refractivity contribution in [3.8, 4) is 0 Å². The van der Waals surface area contributed by atoms with E-state index in [1.54, 1.807) is 67.3 Å². The molecule has 4 heterocycles.